The number of fused-ring (bicyclic) bond motifs is 1. The van der Waals surface area contributed by atoms with Crippen LogP contribution in [0.4, 0.5) is 0 Å². The summed E-state index contributed by atoms with van der Waals surface area (Å²) >= 11 is 7.44. The molecular formula is C16H19ClN2O5S. The molecule has 0 aliphatic rings. The number of amides is 1. The lowest BCUT2D eigenvalue weighted by molar-refractivity contribution is -0.145. The zero-order valence-electron chi connectivity index (χ0n) is 13.9. The standard InChI is InChI=1S/C16H19ClN2O5S/c1-23-15(21)11(6-8-25-2)18-14(20)5-7-19-12-4-3-10(17)9-13(12)24-16(19)22/h3-4,9,11H,5-8H2,1-2H3,(H,18,20). The molecule has 0 saturated carbocycles. The summed E-state index contributed by atoms with van der Waals surface area (Å²) in [6, 6.07) is 4.16. The fraction of sp³-hybridized carbons (Fsp3) is 0.438. The van der Waals surface area contributed by atoms with Gasteiger partial charge in [0.25, 0.3) is 0 Å². The van der Waals surface area contributed by atoms with Gasteiger partial charge in [0.15, 0.2) is 5.58 Å². The Hall–Kier alpha value is -1.93. The Morgan fingerprint density at radius 2 is 2.20 bits per heavy atom. The Morgan fingerprint density at radius 3 is 2.88 bits per heavy atom. The first-order valence-electron chi connectivity index (χ1n) is 7.61. The number of benzene rings is 1. The lowest BCUT2D eigenvalue weighted by Crippen LogP contribution is -2.42. The highest BCUT2D eigenvalue weighted by atomic mass is 35.5. The van der Waals surface area contributed by atoms with Crippen molar-refractivity contribution < 1.29 is 18.7 Å². The predicted octanol–water partition coefficient (Wildman–Crippen LogP) is 2.05. The maximum Gasteiger partial charge on any atom is 0.419 e. The highest BCUT2D eigenvalue weighted by Gasteiger charge is 2.21. The van der Waals surface area contributed by atoms with E-state index in [4.69, 9.17) is 20.8 Å². The van der Waals surface area contributed by atoms with Crippen molar-refractivity contribution >= 4 is 46.3 Å². The third-order valence-electron chi connectivity index (χ3n) is 3.62. The number of hydrogen-bond acceptors (Lipinski definition) is 6. The van der Waals surface area contributed by atoms with Crippen LogP contribution in [0.25, 0.3) is 11.1 Å². The van der Waals surface area contributed by atoms with Gasteiger partial charge in [0.05, 0.1) is 12.6 Å². The monoisotopic (exact) mass is 386 g/mol. The van der Waals surface area contributed by atoms with E-state index in [9.17, 15) is 14.4 Å². The third-order valence-corrected chi connectivity index (χ3v) is 4.50. The van der Waals surface area contributed by atoms with Crippen LogP contribution in [0.1, 0.15) is 12.8 Å². The molecule has 136 valence electrons. The van der Waals surface area contributed by atoms with E-state index in [-0.39, 0.29) is 18.9 Å². The number of aromatic nitrogens is 1. The molecule has 1 unspecified atom stereocenters. The van der Waals surface area contributed by atoms with E-state index in [2.05, 4.69) is 5.32 Å². The molecule has 1 atom stereocenters. The van der Waals surface area contributed by atoms with Crippen molar-refractivity contribution in [2.45, 2.75) is 25.4 Å². The number of hydrogen-bond donors (Lipinski definition) is 1. The lowest BCUT2D eigenvalue weighted by atomic mass is 10.2. The van der Waals surface area contributed by atoms with Crippen LogP contribution in [0.15, 0.2) is 27.4 Å². The second-order valence-corrected chi connectivity index (χ2v) is 6.73. The van der Waals surface area contributed by atoms with Gasteiger partial charge < -0.3 is 14.5 Å². The molecule has 2 aromatic rings. The van der Waals surface area contributed by atoms with E-state index in [1.54, 1.807) is 30.0 Å². The number of nitrogens with one attached hydrogen (secondary N) is 1. The van der Waals surface area contributed by atoms with Gasteiger partial charge in [0.1, 0.15) is 6.04 Å². The number of methoxy groups -OCH3 is 1. The van der Waals surface area contributed by atoms with Gasteiger partial charge in [-0.2, -0.15) is 11.8 Å². The number of oxazole rings is 1. The number of carbonyl (C=O) groups excluding carboxylic acids is 2. The van der Waals surface area contributed by atoms with E-state index in [0.29, 0.717) is 28.3 Å². The fourth-order valence-electron chi connectivity index (χ4n) is 2.36. The molecule has 0 aliphatic carbocycles. The van der Waals surface area contributed by atoms with Crippen molar-refractivity contribution in [1.29, 1.82) is 0 Å². The molecule has 1 N–H and O–H groups in total. The number of nitrogens with zero attached hydrogens (tertiary/aromatic N) is 1. The van der Waals surface area contributed by atoms with Crippen molar-refractivity contribution in [1.82, 2.24) is 9.88 Å². The lowest BCUT2D eigenvalue weighted by Gasteiger charge is -2.16. The second-order valence-electron chi connectivity index (χ2n) is 5.31. The number of halogens is 1. The summed E-state index contributed by atoms with van der Waals surface area (Å²) in [6.07, 6.45) is 2.43. The van der Waals surface area contributed by atoms with E-state index in [0.717, 1.165) is 0 Å². The molecule has 0 bridgehead atoms. The topological polar surface area (TPSA) is 90.5 Å². The van der Waals surface area contributed by atoms with Crippen molar-refractivity contribution in [3.05, 3.63) is 33.8 Å². The number of thioether (sulfide) groups is 1. The molecule has 0 spiro atoms. The van der Waals surface area contributed by atoms with Gasteiger partial charge in [-0.3, -0.25) is 9.36 Å². The number of aryl methyl sites for hydroxylation is 1. The van der Waals surface area contributed by atoms with E-state index >= 15 is 0 Å². The Bertz CT molecular complexity index is 816. The summed E-state index contributed by atoms with van der Waals surface area (Å²) < 4.78 is 11.2. The molecular weight excluding hydrogens is 368 g/mol. The first-order valence-corrected chi connectivity index (χ1v) is 9.38. The Balaban J connectivity index is 2.03. The van der Waals surface area contributed by atoms with Gasteiger partial charge in [-0.05, 0) is 30.6 Å². The Morgan fingerprint density at radius 1 is 1.44 bits per heavy atom. The second kappa shape index (κ2) is 8.96. The molecule has 0 saturated heterocycles. The first-order chi connectivity index (χ1) is 12.0. The summed E-state index contributed by atoms with van der Waals surface area (Å²) in [5.41, 5.74) is 0.930. The SMILES string of the molecule is COC(=O)C(CCSC)NC(=O)CCn1c(=O)oc2cc(Cl)ccc21. The summed E-state index contributed by atoms with van der Waals surface area (Å²) in [6.45, 7) is 0.135. The summed E-state index contributed by atoms with van der Waals surface area (Å²) in [7, 11) is 1.28. The molecule has 1 amide bonds. The van der Waals surface area contributed by atoms with Gasteiger partial charge in [0, 0.05) is 24.1 Å². The van der Waals surface area contributed by atoms with Crippen LogP contribution < -0.4 is 11.1 Å². The highest BCUT2D eigenvalue weighted by Crippen LogP contribution is 2.18. The zero-order chi connectivity index (χ0) is 18.4. The molecule has 1 aromatic heterocycles. The number of carbonyl (C=O) groups is 2. The molecule has 25 heavy (non-hydrogen) atoms. The average Bonchev–Trinajstić information content (AvgIpc) is 2.90. The largest absolute Gasteiger partial charge is 0.467 e. The number of rotatable bonds is 8. The maximum atomic E-state index is 12.1. The molecule has 9 heteroatoms. The minimum Gasteiger partial charge on any atom is -0.467 e. The summed E-state index contributed by atoms with van der Waals surface area (Å²) in [4.78, 5) is 35.8. The molecule has 7 nitrogen and oxygen atoms in total. The molecule has 1 heterocycles. The van der Waals surface area contributed by atoms with Gasteiger partial charge in [-0.25, -0.2) is 9.59 Å². The third kappa shape index (κ3) is 5.02. The van der Waals surface area contributed by atoms with Crippen molar-refractivity contribution in [2.75, 3.05) is 19.1 Å². The van der Waals surface area contributed by atoms with Crippen LogP contribution in [0.5, 0.6) is 0 Å². The number of esters is 1. The van der Waals surface area contributed by atoms with Crippen LogP contribution >= 0.6 is 23.4 Å². The normalized spacial score (nSPS) is 12.1. The average molecular weight is 387 g/mol. The maximum absolute atomic E-state index is 12.1. The van der Waals surface area contributed by atoms with Crippen LogP contribution in [0, 0.1) is 0 Å². The molecule has 1 aromatic carbocycles. The van der Waals surface area contributed by atoms with Gasteiger partial charge in [-0.15, -0.1) is 0 Å². The molecule has 0 radical (unpaired) electrons. The van der Waals surface area contributed by atoms with Crippen molar-refractivity contribution in [3.63, 3.8) is 0 Å². The van der Waals surface area contributed by atoms with Crippen LogP contribution in [0.2, 0.25) is 5.02 Å². The van der Waals surface area contributed by atoms with Gasteiger partial charge >= 0.3 is 11.7 Å². The minimum atomic E-state index is -0.693. The molecule has 2 rings (SSSR count). The van der Waals surface area contributed by atoms with E-state index < -0.39 is 17.8 Å². The fourth-order valence-corrected chi connectivity index (χ4v) is 2.99. The highest BCUT2D eigenvalue weighted by molar-refractivity contribution is 7.98. The Labute approximate surface area is 153 Å². The van der Waals surface area contributed by atoms with E-state index in [1.165, 1.54) is 11.7 Å². The van der Waals surface area contributed by atoms with Crippen molar-refractivity contribution in [2.24, 2.45) is 0 Å². The van der Waals surface area contributed by atoms with Gasteiger partial charge in [0.2, 0.25) is 5.91 Å². The summed E-state index contributed by atoms with van der Waals surface area (Å²) in [5, 5.41) is 3.11. The van der Waals surface area contributed by atoms with Gasteiger partial charge in [-0.1, -0.05) is 11.6 Å². The zero-order valence-corrected chi connectivity index (χ0v) is 15.5. The van der Waals surface area contributed by atoms with E-state index in [1.807, 2.05) is 6.26 Å². The smallest absolute Gasteiger partial charge is 0.419 e. The minimum absolute atomic E-state index is 0.0317. The van der Waals surface area contributed by atoms with Crippen LogP contribution in [-0.4, -0.2) is 41.6 Å². The first kappa shape index (κ1) is 19.4. The predicted molar refractivity (Wildman–Crippen MR) is 97.0 cm³/mol. The van der Waals surface area contributed by atoms with Crippen molar-refractivity contribution in [3.8, 4) is 0 Å². The Kier molecular flexibility index (Phi) is 6.95. The molecule has 0 fully saturated rings. The summed E-state index contributed by atoms with van der Waals surface area (Å²) in [5.74, 6) is -0.668. The number of ether oxygens (including phenoxy) is 1. The quantitative estimate of drug-likeness (QED) is 0.698. The van der Waals surface area contributed by atoms with Crippen LogP contribution in [-0.2, 0) is 20.9 Å². The molecule has 0 aliphatic heterocycles. The van der Waals surface area contributed by atoms with Crippen LogP contribution in [0.3, 0.4) is 0 Å².